The van der Waals surface area contributed by atoms with Crippen molar-refractivity contribution in [2.24, 2.45) is 0 Å². The average Bonchev–Trinajstić information content (AvgIpc) is 3.23. The van der Waals surface area contributed by atoms with Gasteiger partial charge in [-0.05, 0) is 84.6 Å². The lowest BCUT2D eigenvalue weighted by Crippen LogP contribution is -2.00. The van der Waals surface area contributed by atoms with Crippen molar-refractivity contribution in [1.29, 1.82) is 0 Å². The zero-order valence-electron chi connectivity index (χ0n) is 28.4. The molecule has 0 aliphatic carbocycles. The van der Waals surface area contributed by atoms with Crippen molar-refractivity contribution in [3.8, 4) is 56.4 Å². The fraction of sp³-hybridized carbons (Fsp3) is 0. The van der Waals surface area contributed by atoms with Crippen molar-refractivity contribution in [2.45, 2.75) is 0 Å². The largest absolute Gasteiger partial charge is 0.264 e. The van der Waals surface area contributed by atoms with Crippen molar-refractivity contribution in [3.05, 3.63) is 182 Å². The third-order valence-electron chi connectivity index (χ3n) is 9.74. The van der Waals surface area contributed by atoms with Crippen LogP contribution in [0.3, 0.4) is 0 Å². The highest BCUT2D eigenvalue weighted by molar-refractivity contribution is 6.20. The maximum Gasteiger partial charge on any atom is 0.164 e. The lowest BCUT2D eigenvalue weighted by atomic mass is 9.86. The molecule has 2 aromatic heterocycles. The fourth-order valence-corrected chi connectivity index (χ4v) is 7.34. The molecule has 0 fully saturated rings. The predicted octanol–water partition coefficient (Wildman–Crippen LogP) is 12.3. The summed E-state index contributed by atoms with van der Waals surface area (Å²) in [5.41, 5.74) is 9.17. The molecule has 0 aliphatic rings. The summed E-state index contributed by atoms with van der Waals surface area (Å²) in [7, 11) is 0. The highest BCUT2D eigenvalue weighted by atomic mass is 15.0. The number of hydrogen-bond donors (Lipinski definition) is 0. The van der Waals surface area contributed by atoms with Crippen LogP contribution < -0.4 is 0 Å². The number of hydrogen-bond acceptors (Lipinski definition) is 4. The number of rotatable bonds is 7. The van der Waals surface area contributed by atoms with E-state index in [0.29, 0.717) is 17.5 Å². The minimum Gasteiger partial charge on any atom is -0.264 e. The third kappa shape index (κ3) is 5.34. The van der Waals surface area contributed by atoms with E-state index >= 15 is 0 Å². The van der Waals surface area contributed by atoms with Gasteiger partial charge >= 0.3 is 0 Å². The number of benzene rings is 7. The minimum atomic E-state index is 0.597. The monoisotopic (exact) mass is 664 g/mol. The zero-order chi connectivity index (χ0) is 35.0. The van der Waals surface area contributed by atoms with E-state index in [9.17, 15) is 0 Å². The van der Waals surface area contributed by atoms with Crippen LogP contribution in [0, 0.1) is 0 Å². The smallest absolute Gasteiger partial charge is 0.164 e. The van der Waals surface area contributed by atoms with Gasteiger partial charge in [0.05, 0.1) is 0 Å². The molecule has 9 aromatic rings. The number of aromatic nitrogens is 4. The first-order chi connectivity index (χ1) is 25.7. The molecule has 0 N–H and O–H groups in total. The van der Waals surface area contributed by atoms with Gasteiger partial charge in [-0.25, -0.2) is 15.0 Å². The molecule has 0 saturated heterocycles. The molecule has 9 rings (SSSR count). The Morgan fingerprint density at radius 3 is 1.60 bits per heavy atom. The normalized spacial score (nSPS) is 11.2. The molecule has 2 heterocycles. The van der Waals surface area contributed by atoms with Crippen LogP contribution in [0.2, 0.25) is 0 Å². The fourth-order valence-electron chi connectivity index (χ4n) is 7.34. The summed E-state index contributed by atoms with van der Waals surface area (Å²) in [4.78, 5) is 19.7. The number of fused-ring (bicyclic) bond motifs is 4. The van der Waals surface area contributed by atoms with Crippen LogP contribution in [0.5, 0.6) is 0 Å². The molecule has 52 heavy (non-hydrogen) atoms. The Morgan fingerprint density at radius 1 is 0.404 bits per heavy atom. The second kappa shape index (κ2) is 13.0. The van der Waals surface area contributed by atoms with Crippen molar-refractivity contribution < 1.29 is 0 Å². The quantitative estimate of drug-likeness (QED) is 0.159. The van der Waals surface area contributed by atoms with E-state index in [1.807, 2.05) is 85.2 Å². The summed E-state index contributed by atoms with van der Waals surface area (Å²) in [6, 6.07) is 50.4. The first-order valence-corrected chi connectivity index (χ1v) is 17.3. The van der Waals surface area contributed by atoms with Crippen molar-refractivity contribution >= 4 is 44.5 Å². The second-order valence-electron chi connectivity index (χ2n) is 12.7. The lowest BCUT2D eigenvalue weighted by molar-refractivity contribution is 1.07. The van der Waals surface area contributed by atoms with Crippen LogP contribution >= 0.6 is 0 Å². The first-order valence-electron chi connectivity index (χ1n) is 17.3. The summed E-state index contributed by atoms with van der Waals surface area (Å²) in [6.07, 6.45) is 7.67. The molecule has 7 aromatic carbocycles. The van der Waals surface area contributed by atoms with Gasteiger partial charge < -0.3 is 0 Å². The molecule has 0 amide bonds. The van der Waals surface area contributed by atoms with E-state index in [4.69, 9.17) is 15.0 Å². The van der Waals surface area contributed by atoms with Crippen LogP contribution in [0.1, 0.15) is 11.1 Å². The van der Waals surface area contributed by atoms with E-state index in [2.05, 4.69) is 103 Å². The van der Waals surface area contributed by atoms with Gasteiger partial charge in [-0.15, -0.1) is 0 Å². The summed E-state index contributed by atoms with van der Waals surface area (Å²) >= 11 is 0. The second-order valence-corrected chi connectivity index (χ2v) is 12.7. The Labute approximate surface area is 302 Å². The van der Waals surface area contributed by atoms with E-state index in [1.165, 1.54) is 0 Å². The van der Waals surface area contributed by atoms with Gasteiger partial charge in [-0.1, -0.05) is 147 Å². The first kappa shape index (κ1) is 31.0. The van der Waals surface area contributed by atoms with Crippen molar-refractivity contribution in [3.63, 3.8) is 0 Å². The Morgan fingerprint density at radius 2 is 0.923 bits per heavy atom. The van der Waals surface area contributed by atoms with Gasteiger partial charge in [0.2, 0.25) is 0 Å². The minimum absolute atomic E-state index is 0.597. The van der Waals surface area contributed by atoms with Gasteiger partial charge in [0.1, 0.15) is 0 Å². The molecular weight excluding hydrogens is 633 g/mol. The van der Waals surface area contributed by atoms with Gasteiger partial charge in [0.15, 0.2) is 17.5 Å². The molecule has 4 nitrogen and oxygen atoms in total. The Balaban J connectivity index is 1.37. The van der Waals surface area contributed by atoms with Gasteiger partial charge in [-0.3, -0.25) is 4.98 Å². The maximum absolute atomic E-state index is 5.13. The van der Waals surface area contributed by atoms with Crippen molar-refractivity contribution in [2.75, 3.05) is 0 Å². The SMILES string of the molecule is C=Cc1c(C=C)c2cccc(-c3cc(-c4nc(-c5ccccc5)nc(-c5ccccc5)n4)cc(-c4cccc5ccncc45)c3)c2c2ccccc12. The number of nitrogens with zero attached hydrogens (tertiary/aromatic N) is 4. The standard InChI is InChI=1S/C48H32N4/c1-3-37-38(4-2)42-24-14-23-40(45(42)43-21-12-11-20-41(37)43)35-27-34(39-22-13-19-31-25-26-49-30-44(31)39)28-36(29-35)48-51-46(32-15-7-5-8-16-32)50-47(52-48)33-17-9-6-10-18-33/h3-30H,1-2H2. The molecule has 0 atom stereocenters. The molecule has 0 radical (unpaired) electrons. The van der Waals surface area contributed by atoms with E-state index < -0.39 is 0 Å². The highest BCUT2D eigenvalue weighted by Crippen LogP contribution is 2.42. The highest BCUT2D eigenvalue weighted by Gasteiger charge is 2.19. The average molecular weight is 665 g/mol. The predicted molar refractivity (Wildman–Crippen MR) is 218 cm³/mol. The molecule has 0 unspecified atom stereocenters. The van der Waals surface area contributed by atoms with Crippen LogP contribution in [-0.2, 0) is 0 Å². The Bertz CT molecular complexity index is 2760. The molecule has 0 spiro atoms. The maximum atomic E-state index is 5.13. The molecule has 0 saturated carbocycles. The van der Waals surface area contributed by atoms with E-state index in [1.54, 1.807) is 0 Å². The van der Waals surface area contributed by atoms with Gasteiger partial charge in [0.25, 0.3) is 0 Å². The topological polar surface area (TPSA) is 51.6 Å². The van der Waals surface area contributed by atoms with Gasteiger partial charge in [-0.2, -0.15) is 0 Å². The molecular formula is C48H32N4. The summed E-state index contributed by atoms with van der Waals surface area (Å²) < 4.78 is 0. The van der Waals surface area contributed by atoms with Crippen LogP contribution in [0.25, 0.3) is 101 Å². The number of pyridine rings is 1. The summed E-state index contributed by atoms with van der Waals surface area (Å²) in [6.45, 7) is 8.40. The third-order valence-corrected chi connectivity index (χ3v) is 9.74. The van der Waals surface area contributed by atoms with Crippen LogP contribution in [-0.4, -0.2) is 19.9 Å². The van der Waals surface area contributed by atoms with E-state index in [0.717, 1.165) is 82.4 Å². The summed E-state index contributed by atoms with van der Waals surface area (Å²) in [5.74, 6) is 1.84. The molecule has 0 aliphatic heterocycles. The Kier molecular flexibility index (Phi) is 7.75. The molecule has 244 valence electrons. The van der Waals surface area contributed by atoms with Crippen molar-refractivity contribution in [1.82, 2.24) is 19.9 Å². The molecule has 0 bridgehead atoms. The summed E-state index contributed by atoms with van der Waals surface area (Å²) in [5, 5.41) is 6.79. The zero-order valence-corrected chi connectivity index (χ0v) is 28.4. The van der Waals surface area contributed by atoms with Crippen LogP contribution in [0.4, 0.5) is 0 Å². The van der Waals surface area contributed by atoms with Gasteiger partial charge in [0, 0.05) is 34.5 Å². The van der Waals surface area contributed by atoms with Crippen LogP contribution in [0.15, 0.2) is 171 Å². The molecule has 4 heteroatoms. The van der Waals surface area contributed by atoms with E-state index in [-0.39, 0.29) is 0 Å². The Hall–Kier alpha value is -7.04. The lowest BCUT2D eigenvalue weighted by Gasteiger charge is -2.18.